The van der Waals surface area contributed by atoms with Crippen molar-refractivity contribution < 1.29 is 4.79 Å². The zero-order valence-corrected chi connectivity index (χ0v) is 13.9. The van der Waals surface area contributed by atoms with Crippen molar-refractivity contribution in [2.75, 3.05) is 6.54 Å². The molecule has 2 aromatic heterocycles. The number of nitrogens with zero attached hydrogens (tertiary/aromatic N) is 4. The van der Waals surface area contributed by atoms with E-state index in [1.807, 2.05) is 33.4 Å². The SMILES string of the molecule is CC(C)n1ccc(CC(=O)N2CCCC[C@@H]2c2nccs2)n1. The molecule has 0 saturated carbocycles. The van der Waals surface area contributed by atoms with E-state index in [-0.39, 0.29) is 11.9 Å². The Bertz CT molecular complexity index is 620. The Kier molecular flexibility index (Phi) is 4.57. The second-order valence-corrected chi connectivity index (χ2v) is 6.95. The summed E-state index contributed by atoms with van der Waals surface area (Å²) in [5.41, 5.74) is 0.849. The van der Waals surface area contributed by atoms with Crippen LogP contribution in [-0.4, -0.2) is 32.1 Å². The van der Waals surface area contributed by atoms with Gasteiger partial charge in [-0.05, 0) is 39.2 Å². The van der Waals surface area contributed by atoms with Crippen LogP contribution < -0.4 is 0 Å². The van der Waals surface area contributed by atoms with Gasteiger partial charge in [0.1, 0.15) is 5.01 Å². The summed E-state index contributed by atoms with van der Waals surface area (Å²) in [7, 11) is 0. The molecular formula is C16H22N4OS. The van der Waals surface area contributed by atoms with Gasteiger partial charge in [0.05, 0.1) is 18.2 Å². The zero-order chi connectivity index (χ0) is 15.5. The lowest BCUT2D eigenvalue weighted by Gasteiger charge is -2.34. The minimum atomic E-state index is 0.147. The molecule has 1 saturated heterocycles. The van der Waals surface area contributed by atoms with Gasteiger partial charge in [0.2, 0.25) is 5.91 Å². The maximum absolute atomic E-state index is 12.7. The molecule has 0 aliphatic carbocycles. The van der Waals surface area contributed by atoms with E-state index in [4.69, 9.17) is 0 Å². The van der Waals surface area contributed by atoms with Crippen LogP contribution in [0.3, 0.4) is 0 Å². The van der Waals surface area contributed by atoms with Gasteiger partial charge in [-0.1, -0.05) is 0 Å². The van der Waals surface area contributed by atoms with Crippen LogP contribution in [0.1, 0.15) is 55.9 Å². The maximum Gasteiger partial charge on any atom is 0.229 e. The molecular weight excluding hydrogens is 296 g/mol. The van der Waals surface area contributed by atoms with Crippen molar-refractivity contribution in [3.63, 3.8) is 0 Å². The van der Waals surface area contributed by atoms with E-state index < -0.39 is 0 Å². The Morgan fingerprint density at radius 3 is 3.00 bits per heavy atom. The summed E-state index contributed by atoms with van der Waals surface area (Å²) in [5, 5.41) is 7.53. The van der Waals surface area contributed by atoms with Gasteiger partial charge in [-0.3, -0.25) is 9.48 Å². The first-order valence-electron chi connectivity index (χ1n) is 7.88. The van der Waals surface area contributed by atoms with Crippen LogP contribution in [0.25, 0.3) is 0 Å². The molecule has 0 aromatic carbocycles. The number of piperidine rings is 1. The molecule has 6 heteroatoms. The first-order valence-corrected chi connectivity index (χ1v) is 8.76. The summed E-state index contributed by atoms with van der Waals surface area (Å²) in [6.07, 6.45) is 7.40. The first kappa shape index (κ1) is 15.2. The topological polar surface area (TPSA) is 51.0 Å². The van der Waals surface area contributed by atoms with Crippen LogP contribution in [-0.2, 0) is 11.2 Å². The quantitative estimate of drug-likeness (QED) is 0.870. The molecule has 118 valence electrons. The normalized spacial score (nSPS) is 18.9. The summed E-state index contributed by atoms with van der Waals surface area (Å²) >= 11 is 1.64. The van der Waals surface area contributed by atoms with Crippen molar-refractivity contribution in [2.45, 2.75) is 51.6 Å². The van der Waals surface area contributed by atoms with E-state index in [9.17, 15) is 4.79 Å². The summed E-state index contributed by atoms with van der Waals surface area (Å²) in [6, 6.07) is 2.41. The van der Waals surface area contributed by atoms with E-state index in [2.05, 4.69) is 23.9 Å². The highest BCUT2D eigenvalue weighted by atomic mass is 32.1. The molecule has 1 atom stereocenters. The molecule has 22 heavy (non-hydrogen) atoms. The second kappa shape index (κ2) is 6.60. The average Bonchev–Trinajstić information content (AvgIpc) is 3.18. The number of thiazole rings is 1. The van der Waals surface area contributed by atoms with E-state index in [1.54, 1.807) is 11.3 Å². The highest BCUT2D eigenvalue weighted by Crippen LogP contribution is 2.32. The highest BCUT2D eigenvalue weighted by molar-refractivity contribution is 7.09. The Morgan fingerprint density at radius 2 is 2.32 bits per heavy atom. The Morgan fingerprint density at radius 1 is 1.45 bits per heavy atom. The van der Waals surface area contributed by atoms with Gasteiger partial charge in [-0.15, -0.1) is 11.3 Å². The number of hydrogen-bond acceptors (Lipinski definition) is 4. The van der Waals surface area contributed by atoms with Crippen LogP contribution in [0.4, 0.5) is 0 Å². The third kappa shape index (κ3) is 3.21. The third-order valence-corrected chi connectivity index (χ3v) is 4.96. The molecule has 0 radical (unpaired) electrons. The molecule has 2 aromatic rings. The van der Waals surface area contributed by atoms with Crippen molar-refractivity contribution in [1.29, 1.82) is 0 Å². The molecule has 1 fully saturated rings. The lowest BCUT2D eigenvalue weighted by molar-refractivity contribution is -0.134. The fraction of sp³-hybridized carbons (Fsp3) is 0.562. The summed E-state index contributed by atoms with van der Waals surface area (Å²) in [5.74, 6) is 0.161. The van der Waals surface area contributed by atoms with Crippen LogP contribution in [0, 0.1) is 0 Å². The number of likely N-dealkylation sites (tertiary alicyclic amines) is 1. The summed E-state index contributed by atoms with van der Waals surface area (Å²) in [4.78, 5) is 19.1. The molecule has 1 amide bonds. The van der Waals surface area contributed by atoms with Crippen molar-refractivity contribution in [1.82, 2.24) is 19.7 Å². The van der Waals surface area contributed by atoms with Crippen LogP contribution in [0.2, 0.25) is 0 Å². The van der Waals surface area contributed by atoms with Crippen LogP contribution in [0.15, 0.2) is 23.8 Å². The molecule has 3 rings (SSSR count). The van der Waals surface area contributed by atoms with Gasteiger partial charge in [-0.25, -0.2) is 4.98 Å². The molecule has 1 aliphatic heterocycles. The lowest BCUT2D eigenvalue weighted by atomic mass is 10.0. The highest BCUT2D eigenvalue weighted by Gasteiger charge is 2.29. The first-order chi connectivity index (χ1) is 10.6. The molecule has 0 N–H and O–H groups in total. The molecule has 3 heterocycles. The molecule has 0 bridgehead atoms. The maximum atomic E-state index is 12.7. The average molecular weight is 318 g/mol. The van der Waals surface area contributed by atoms with E-state index in [1.165, 1.54) is 0 Å². The smallest absolute Gasteiger partial charge is 0.229 e. The minimum absolute atomic E-state index is 0.147. The van der Waals surface area contributed by atoms with Gasteiger partial charge >= 0.3 is 0 Å². The summed E-state index contributed by atoms with van der Waals surface area (Å²) in [6.45, 7) is 5.00. The predicted octanol–water partition coefficient (Wildman–Crippen LogP) is 3.22. The number of rotatable bonds is 4. The van der Waals surface area contributed by atoms with E-state index in [0.29, 0.717) is 12.5 Å². The second-order valence-electron chi connectivity index (χ2n) is 6.03. The third-order valence-electron chi connectivity index (χ3n) is 4.08. The van der Waals surface area contributed by atoms with Gasteiger partial charge in [0, 0.05) is 30.4 Å². The molecule has 0 spiro atoms. The van der Waals surface area contributed by atoms with Crippen molar-refractivity contribution in [2.24, 2.45) is 0 Å². The van der Waals surface area contributed by atoms with Gasteiger partial charge in [0.15, 0.2) is 0 Å². The Balaban J connectivity index is 1.71. The van der Waals surface area contributed by atoms with Crippen LogP contribution in [0.5, 0.6) is 0 Å². The van der Waals surface area contributed by atoms with Crippen molar-refractivity contribution >= 4 is 17.2 Å². The fourth-order valence-electron chi connectivity index (χ4n) is 2.90. The number of aromatic nitrogens is 3. The fourth-order valence-corrected chi connectivity index (χ4v) is 3.69. The molecule has 5 nitrogen and oxygen atoms in total. The van der Waals surface area contributed by atoms with Gasteiger partial charge < -0.3 is 4.90 Å². The van der Waals surface area contributed by atoms with Crippen molar-refractivity contribution in [3.05, 3.63) is 34.5 Å². The minimum Gasteiger partial charge on any atom is -0.333 e. The zero-order valence-electron chi connectivity index (χ0n) is 13.1. The van der Waals surface area contributed by atoms with Crippen LogP contribution >= 0.6 is 11.3 Å². The largest absolute Gasteiger partial charge is 0.333 e. The number of carbonyl (C=O) groups excluding carboxylic acids is 1. The Hall–Kier alpha value is -1.69. The number of hydrogen-bond donors (Lipinski definition) is 0. The predicted molar refractivity (Wildman–Crippen MR) is 86.7 cm³/mol. The Labute approximate surface area is 135 Å². The number of carbonyl (C=O) groups is 1. The van der Waals surface area contributed by atoms with E-state index in [0.717, 1.165) is 36.5 Å². The standard InChI is InChI=1S/C16H22N4OS/c1-12(2)20-9-6-13(18-20)11-15(21)19-8-4-3-5-14(19)16-17-7-10-22-16/h6-7,9-10,12,14H,3-5,8,11H2,1-2H3/t14-/m1/s1. The monoisotopic (exact) mass is 318 g/mol. The van der Waals surface area contributed by atoms with Crippen molar-refractivity contribution in [3.8, 4) is 0 Å². The summed E-state index contributed by atoms with van der Waals surface area (Å²) < 4.78 is 1.90. The van der Waals surface area contributed by atoms with Gasteiger partial charge in [0.25, 0.3) is 0 Å². The van der Waals surface area contributed by atoms with Gasteiger partial charge in [-0.2, -0.15) is 5.10 Å². The lowest BCUT2D eigenvalue weighted by Crippen LogP contribution is -2.39. The number of amides is 1. The molecule has 1 aliphatic rings. The molecule has 0 unspecified atom stereocenters. The van der Waals surface area contributed by atoms with E-state index >= 15 is 0 Å².